The summed E-state index contributed by atoms with van der Waals surface area (Å²) in [5.41, 5.74) is 0.807. The number of halogens is 2. The zero-order chi connectivity index (χ0) is 13.9. The summed E-state index contributed by atoms with van der Waals surface area (Å²) in [5, 5.41) is 3.14. The van der Waals surface area contributed by atoms with E-state index in [1.165, 1.54) is 12.1 Å². The highest BCUT2D eigenvalue weighted by Gasteiger charge is 2.27. The fourth-order valence-electron chi connectivity index (χ4n) is 2.29. The Morgan fingerprint density at radius 3 is 2.79 bits per heavy atom. The lowest BCUT2D eigenvalue weighted by Gasteiger charge is -2.10. The average molecular weight is 289 g/mol. The van der Waals surface area contributed by atoms with Crippen molar-refractivity contribution in [2.24, 2.45) is 5.92 Å². The van der Waals surface area contributed by atoms with Crippen molar-refractivity contribution < 1.29 is 17.2 Å². The Hall–Kier alpha value is -1.01. The maximum Gasteiger partial charge on any atom is 0.263 e. The lowest BCUT2D eigenvalue weighted by Crippen LogP contribution is -2.23. The van der Waals surface area contributed by atoms with Crippen LogP contribution in [-0.4, -0.2) is 26.5 Å². The number of alkyl halides is 2. The third-order valence-corrected chi connectivity index (χ3v) is 5.13. The zero-order valence-corrected chi connectivity index (χ0v) is 11.3. The van der Waals surface area contributed by atoms with Gasteiger partial charge in [0.25, 0.3) is 6.43 Å². The SMILES string of the molecule is O=S1(=O)CCC(CNCc2cccc(C(F)F)c2)C1. The molecular weight excluding hydrogens is 272 g/mol. The van der Waals surface area contributed by atoms with Crippen LogP contribution in [0.1, 0.15) is 24.0 Å². The van der Waals surface area contributed by atoms with Crippen molar-refractivity contribution in [1.82, 2.24) is 5.32 Å². The minimum atomic E-state index is -2.85. The first kappa shape index (κ1) is 14.4. The van der Waals surface area contributed by atoms with E-state index < -0.39 is 16.3 Å². The molecule has 0 aliphatic carbocycles. The smallest absolute Gasteiger partial charge is 0.263 e. The second-order valence-corrected chi connectivity index (χ2v) is 7.17. The second kappa shape index (κ2) is 5.96. The highest BCUT2D eigenvalue weighted by Crippen LogP contribution is 2.20. The zero-order valence-electron chi connectivity index (χ0n) is 10.5. The molecule has 0 spiro atoms. The summed E-state index contributed by atoms with van der Waals surface area (Å²) in [5.74, 6) is 0.639. The summed E-state index contributed by atoms with van der Waals surface area (Å²) in [7, 11) is -2.85. The van der Waals surface area contributed by atoms with Crippen LogP contribution in [-0.2, 0) is 16.4 Å². The average Bonchev–Trinajstić information content (AvgIpc) is 2.69. The molecule has 0 radical (unpaired) electrons. The molecule has 6 heteroatoms. The largest absolute Gasteiger partial charge is 0.312 e. The Morgan fingerprint density at radius 1 is 1.37 bits per heavy atom. The number of hydrogen-bond donors (Lipinski definition) is 1. The first-order valence-electron chi connectivity index (χ1n) is 6.24. The van der Waals surface area contributed by atoms with Gasteiger partial charge in [-0.25, -0.2) is 17.2 Å². The van der Waals surface area contributed by atoms with Crippen LogP contribution >= 0.6 is 0 Å². The van der Waals surface area contributed by atoms with Crippen molar-refractivity contribution in [2.45, 2.75) is 19.4 Å². The van der Waals surface area contributed by atoms with E-state index >= 15 is 0 Å². The molecule has 1 aromatic rings. The van der Waals surface area contributed by atoms with Crippen LogP contribution in [0.3, 0.4) is 0 Å². The Morgan fingerprint density at radius 2 is 2.16 bits per heavy atom. The first-order chi connectivity index (χ1) is 8.96. The number of benzene rings is 1. The van der Waals surface area contributed by atoms with Crippen molar-refractivity contribution in [2.75, 3.05) is 18.1 Å². The maximum atomic E-state index is 12.5. The van der Waals surface area contributed by atoms with Gasteiger partial charge in [-0.1, -0.05) is 18.2 Å². The van der Waals surface area contributed by atoms with E-state index in [2.05, 4.69) is 5.32 Å². The monoisotopic (exact) mass is 289 g/mol. The molecule has 1 aromatic carbocycles. The van der Waals surface area contributed by atoms with Gasteiger partial charge in [0, 0.05) is 12.1 Å². The summed E-state index contributed by atoms with van der Waals surface area (Å²) < 4.78 is 47.6. The Bertz CT molecular complexity index is 531. The number of hydrogen-bond acceptors (Lipinski definition) is 3. The fraction of sp³-hybridized carbons (Fsp3) is 0.538. The Kier molecular flexibility index (Phi) is 4.52. The van der Waals surface area contributed by atoms with E-state index in [1.54, 1.807) is 12.1 Å². The summed E-state index contributed by atoms with van der Waals surface area (Å²) in [6.45, 7) is 1.09. The molecule has 1 fully saturated rings. The molecule has 1 atom stereocenters. The molecule has 0 aromatic heterocycles. The number of nitrogens with one attached hydrogen (secondary N) is 1. The summed E-state index contributed by atoms with van der Waals surface area (Å²) in [4.78, 5) is 0. The van der Waals surface area contributed by atoms with Gasteiger partial charge in [-0.2, -0.15) is 0 Å². The summed E-state index contributed by atoms with van der Waals surface area (Å²) in [6, 6.07) is 6.27. The highest BCUT2D eigenvalue weighted by atomic mass is 32.2. The van der Waals surface area contributed by atoms with Crippen LogP contribution in [0.25, 0.3) is 0 Å². The second-order valence-electron chi connectivity index (χ2n) is 4.95. The van der Waals surface area contributed by atoms with Crippen LogP contribution in [0.4, 0.5) is 8.78 Å². The molecule has 1 unspecified atom stereocenters. The predicted molar refractivity (Wildman–Crippen MR) is 69.9 cm³/mol. The molecule has 3 nitrogen and oxygen atoms in total. The van der Waals surface area contributed by atoms with Gasteiger partial charge in [-0.05, 0) is 30.5 Å². The summed E-state index contributed by atoms with van der Waals surface area (Å²) >= 11 is 0. The van der Waals surface area contributed by atoms with Gasteiger partial charge in [-0.3, -0.25) is 0 Å². The van der Waals surface area contributed by atoms with Crippen molar-refractivity contribution >= 4 is 9.84 Å². The highest BCUT2D eigenvalue weighted by molar-refractivity contribution is 7.91. The minimum Gasteiger partial charge on any atom is -0.312 e. The molecule has 1 N–H and O–H groups in total. The molecule has 2 rings (SSSR count). The van der Waals surface area contributed by atoms with Crippen LogP contribution < -0.4 is 5.32 Å². The van der Waals surface area contributed by atoms with E-state index in [-0.39, 0.29) is 23.0 Å². The first-order valence-corrected chi connectivity index (χ1v) is 8.06. The molecule has 0 bridgehead atoms. The van der Waals surface area contributed by atoms with Crippen LogP contribution in [0.2, 0.25) is 0 Å². The van der Waals surface area contributed by atoms with Crippen molar-refractivity contribution in [3.05, 3.63) is 35.4 Å². The van der Waals surface area contributed by atoms with Gasteiger partial charge in [0.05, 0.1) is 11.5 Å². The van der Waals surface area contributed by atoms with Crippen LogP contribution in [0.15, 0.2) is 24.3 Å². The molecule has 1 aliphatic heterocycles. The molecule has 1 heterocycles. The lowest BCUT2D eigenvalue weighted by atomic mass is 10.1. The van der Waals surface area contributed by atoms with E-state index in [9.17, 15) is 17.2 Å². The van der Waals surface area contributed by atoms with Crippen LogP contribution in [0, 0.1) is 5.92 Å². The molecular formula is C13H17F2NO2S. The normalized spacial score (nSPS) is 21.9. The maximum absolute atomic E-state index is 12.5. The standard InChI is InChI=1S/C13H17F2NO2S/c14-13(15)12-3-1-2-10(6-12)7-16-8-11-4-5-19(17,18)9-11/h1-3,6,11,13,16H,4-5,7-9H2. The fourth-order valence-corrected chi connectivity index (χ4v) is 4.15. The van der Waals surface area contributed by atoms with Gasteiger partial charge in [0.15, 0.2) is 9.84 Å². The quantitative estimate of drug-likeness (QED) is 0.903. The third kappa shape index (κ3) is 4.24. The Labute approximate surface area is 111 Å². The summed E-state index contributed by atoms with van der Waals surface area (Å²) in [6.07, 6.45) is -1.77. The molecule has 1 aliphatic rings. The van der Waals surface area contributed by atoms with E-state index in [0.717, 1.165) is 5.56 Å². The third-order valence-electron chi connectivity index (χ3n) is 3.29. The van der Waals surface area contributed by atoms with E-state index in [0.29, 0.717) is 19.5 Å². The van der Waals surface area contributed by atoms with Crippen molar-refractivity contribution in [1.29, 1.82) is 0 Å². The van der Waals surface area contributed by atoms with Gasteiger partial charge >= 0.3 is 0 Å². The van der Waals surface area contributed by atoms with Gasteiger partial charge in [0.1, 0.15) is 0 Å². The van der Waals surface area contributed by atoms with Crippen molar-refractivity contribution in [3.63, 3.8) is 0 Å². The molecule has 1 saturated heterocycles. The van der Waals surface area contributed by atoms with E-state index in [1.807, 2.05) is 0 Å². The van der Waals surface area contributed by atoms with Crippen molar-refractivity contribution in [3.8, 4) is 0 Å². The minimum absolute atomic E-state index is 0.0164. The van der Waals surface area contributed by atoms with Gasteiger partial charge in [0.2, 0.25) is 0 Å². The topological polar surface area (TPSA) is 46.2 Å². The van der Waals surface area contributed by atoms with Gasteiger partial charge in [-0.15, -0.1) is 0 Å². The van der Waals surface area contributed by atoms with E-state index in [4.69, 9.17) is 0 Å². The number of sulfone groups is 1. The molecule has 106 valence electrons. The Balaban J connectivity index is 1.81. The molecule has 0 saturated carbocycles. The predicted octanol–water partition coefficient (Wildman–Crippen LogP) is 2.15. The van der Waals surface area contributed by atoms with Crippen LogP contribution in [0.5, 0.6) is 0 Å². The lowest BCUT2D eigenvalue weighted by molar-refractivity contribution is 0.151. The van der Waals surface area contributed by atoms with Gasteiger partial charge < -0.3 is 5.32 Å². The number of rotatable bonds is 5. The molecule has 0 amide bonds. The molecule has 19 heavy (non-hydrogen) atoms.